The predicted octanol–water partition coefficient (Wildman–Crippen LogP) is 3.19. The smallest absolute Gasteiger partial charge is 0.410 e. The summed E-state index contributed by atoms with van der Waals surface area (Å²) >= 11 is 0. The number of carbonyl (C=O) groups excluding carboxylic acids is 3. The third-order valence-corrected chi connectivity index (χ3v) is 4.49. The standard InChI is InChI=1S/C19H23NO5/c1-19(2,3)25-18(23)20-8-6-12(7-9-20)16(21)13-4-5-15-14(10-13)11-24-17(15)22/h4-5,10,12H,6-9,11H2,1-3H3. The average molecular weight is 345 g/mol. The zero-order valence-electron chi connectivity index (χ0n) is 14.8. The summed E-state index contributed by atoms with van der Waals surface area (Å²) in [6, 6.07) is 5.10. The van der Waals surface area contributed by atoms with Crippen LogP contribution in [0, 0.1) is 5.92 Å². The lowest BCUT2D eigenvalue weighted by Crippen LogP contribution is -2.43. The number of piperidine rings is 1. The van der Waals surface area contributed by atoms with E-state index in [4.69, 9.17) is 9.47 Å². The molecular formula is C19H23NO5. The van der Waals surface area contributed by atoms with Crippen molar-refractivity contribution in [2.75, 3.05) is 13.1 Å². The van der Waals surface area contributed by atoms with E-state index < -0.39 is 5.60 Å². The SMILES string of the molecule is CC(C)(C)OC(=O)N1CCC(C(=O)c2ccc3c(c2)COC3=O)CC1. The number of benzene rings is 1. The number of nitrogens with zero attached hydrogens (tertiary/aromatic N) is 1. The van der Waals surface area contributed by atoms with Gasteiger partial charge in [0.05, 0.1) is 5.56 Å². The maximum Gasteiger partial charge on any atom is 0.410 e. The van der Waals surface area contributed by atoms with Gasteiger partial charge in [-0.2, -0.15) is 0 Å². The lowest BCUT2D eigenvalue weighted by Gasteiger charge is -2.33. The number of Topliss-reactive ketones (excluding diaryl/α,β-unsaturated/α-hetero) is 1. The summed E-state index contributed by atoms with van der Waals surface area (Å²) < 4.78 is 10.3. The highest BCUT2D eigenvalue weighted by molar-refractivity contribution is 6.00. The van der Waals surface area contributed by atoms with Crippen molar-refractivity contribution >= 4 is 17.8 Å². The minimum atomic E-state index is -0.520. The van der Waals surface area contributed by atoms with Crippen LogP contribution in [0.3, 0.4) is 0 Å². The predicted molar refractivity (Wildman–Crippen MR) is 90.4 cm³/mol. The van der Waals surface area contributed by atoms with Crippen LogP contribution in [0.4, 0.5) is 4.79 Å². The van der Waals surface area contributed by atoms with E-state index in [1.54, 1.807) is 23.1 Å². The lowest BCUT2D eigenvalue weighted by atomic mass is 9.88. The molecule has 0 unspecified atom stereocenters. The van der Waals surface area contributed by atoms with E-state index in [1.165, 1.54) is 0 Å². The second-order valence-corrected chi connectivity index (χ2v) is 7.55. The number of cyclic esters (lactones) is 1. The molecule has 1 aromatic carbocycles. The van der Waals surface area contributed by atoms with Crippen LogP contribution in [0.5, 0.6) is 0 Å². The van der Waals surface area contributed by atoms with Crippen molar-refractivity contribution in [2.24, 2.45) is 5.92 Å². The molecule has 0 spiro atoms. The van der Waals surface area contributed by atoms with Crippen molar-refractivity contribution in [3.63, 3.8) is 0 Å². The second kappa shape index (κ2) is 6.50. The van der Waals surface area contributed by atoms with E-state index in [9.17, 15) is 14.4 Å². The largest absolute Gasteiger partial charge is 0.457 e. The molecule has 134 valence electrons. The molecule has 0 aromatic heterocycles. The molecule has 1 aromatic rings. The molecule has 0 saturated carbocycles. The number of rotatable bonds is 2. The third kappa shape index (κ3) is 3.83. The minimum absolute atomic E-state index is 0.0611. The first-order valence-electron chi connectivity index (χ1n) is 8.57. The van der Waals surface area contributed by atoms with Crippen molar-refractivity contribution in [3.05, 3.63) is 34.9 Å². The topological polar surface area (TPSA) is 72.9 Å². The molecule has 2 aliphatic rings. The van der Waals surface area contributed by atoms with Gasteiger partial charge in [-0.05, 0) is 45.7 Å². The molecule has 1 amide bonds. The Balaban J connectivity index is 1.61. The number of amides is 1. The Labute approximate surface area is 147 Å². The molecule has 0 radical (unpaired) electrons. The molecule has 0 atom stereocenters. The number of likely N-dealkylation sites (tertiary alicyclic amines) is 1. The Morgan fingerprint density at radius 1 is 1.20 bits per heavy atom. The van der Waals surface area contributed by atoms with Crippen molar-refractivity contribution in [1.29, 1.82) is 0 Å². The highest BCUT2D eigenvalue weighted by Gasteiger charge is 2.31. The number of hydrogen-bond donors (Lipinski definition) is 0. The summed E-state index contributed by atoms with van der Waals surface area (Å²) in [4.78, 5) is 38.0. The molecule has 1 saturated heterocycles. The normalized spacial score (nSPS) is 17.9. The first kappa shape index (κ1) is 17.5. The van der Waals surface area contributed by atoms with Gasteiger partial charge in [0.1, 0.15) is 12.2 Å². The lowest BCUT2D eigenvalue weighted by molar-refractivity contribution is 0.0182. The van der Waals surface area contributed by atoms with Crippen LogP contribution in [-0.4, -0.2) is 41.4 Å². The molecule has 2 heterocycles. The van der Waals surface area contributed by atoms with Crippen LogP contribution in [0.2, 0.25) is 0 Å². The van der Waals surface area contributed by atoms with Gasteiger partial charge < -0.3 is 14.4 Å². The fourth-order valence-corrected chi connectivity index (χ4v) is 3.17. The summed E-state index contributed by atoms with van der Waals surface area (Å²) in [5.74, 6) is -0.389. The number of ether oxygens (including phenoxy) is 2. The number of hydrogen-bond acceptors (Lipinski definition) is 5. The number of esters is 1. The summed E-state index contributed by atoms with van der Waals surface area (Å²) in [6.07, 6.45) is 0.904. The Kier molecular flexibility index (Phi) is 4.54. The van der Waals surface area contributed by atoms with Gasteiger partial charge in [0, 0.05) is 30.1 Å². The maximum absolute atomic E-state index is 12.7. The van der Waals surface area contributed by atoms with E-state index in [0.717, 1.165) is 5.56 Å². The highest BCUT2D eigenvalue weighted by atomic mass is 16.6. The molecule has 6 nitrogen and oxygen atoms in total. The van der Waals surface area contributed by atoms with E-state index in [1.807, 2.05) is 20.8 Å². The zero-order chi connectivity index (χ0) is 18.2. The quantitative estimate of drug-likeness (QED) is 0.608. The Hall–Kier alpha value is -2.37. The van der Waals surface area contributed by atoms with Gasteiger partial charge in [0.2, 0.25) is 0 Å². The second-order valence-electron chi connectivity index (χ2n) is 7.55. The minimum Gasteiger partial charge on any atom is -0.457 e. The van der Waals surface area contributed by atoms with Crippen LogP contribution < -0.4 is 0 Å². The number of carbonyl (C=O) groups is 3. The maximum atomic E-state index is 12.7. The van der Waals surface area contributed by atoms with E-state index in [2.05, 4.69) is 0 Å². The van der Waals surface area contributed by atoms with Crippen molar-refractivity contribution in [2.45, 2.75) is 45.8 Å². The molecule has 2 aliphatic heterocycles. The van der Waals surface area contributed by atoms with Gasteiger partial charge in [-0.15, -0.1) is 0 Å². The molecule has 0 aliphatic carbocycles. The van der Waals surface area contributed by atoms with Crippen LogP contribution in [-0.2, 0) is 16.1 Å². The van der Waals surface area contributed by atoms with Crippen LogP contribution in [0.15, 0.2) is 18.2 Å². The number of ketones is 1. The first-order valence-corrected chi connectivity index (χ1v) is 8.57. The number of fused-ring (bicyclic) bond motifs is 1. The van der Waals surface area contributed by atoms with Crippen LogP contribution in [0.25, 0.3) is 0 Å². The Bertz CT molecular complexity index is 711. The summed E-state index contributed by atoms with van der Waals surface area (Å²) in [5.41, 5.74) is 1.39. The molecule has 0 N–H and O–H groups in total. The zero-order valence-corrected chi connectivity index (χ0v) is 14.8. The summed E-state index contributed by atoms with van der Waals surface area (Å²) in [5, 5.41) is 0. The molecule has 25 heavy (non-hydrogen) atoms. The average Bonchev–Trinajstić information content (AvgIpc) is 2.93. The molecule has 6 heteroatoms. The third-order valence-electron chi connectivity index (χ3n) is 4.49. The van der Waals surface area contributed by atoms with Crippen LogP contribution >= 0.6 is 0 Å². The van der Waals surface area contributed by atoms with Gasteiger partial charge in [-0.3, -0.25) is 4.79 Å². The van der Waals surface area contributed by atoms with Crippen LogP contribution in [0.1, 0.15) is 59.9 Å². The fourth-order valence-electron chi connectivity index (χ4n) is 3.17. The van der Waals surface area contributed by atoms with E-state index in [0.29, 0.717) is 37.1 Å². The Morgan fingerprint density at radius 2 is 1.88 bits per heavy atom. The highest BCUT2D eigenvalue weighted by Crippen LogP contribution is 2.26. The van der Waals surface area contributed by atoms with Gasteiger partial charge in [0.15, 0.2) is 5.78 Å². The van der Waals surface area contributed by atoms with Gasteiger partial charge >= 0.3 is 12.1 Å². The molecule has 1 fully saturated rings. The monoisotopic (exact) mass is 345 g/mol. The van der Waals surface area contributed by atoms with Gasteiger partial charge in [-0.25, -0.2) is 9.59 Å². The molecule has 3 rings (SSSR count). The van der Waals surface area contributed by atoms with E-state index >= 15 is 0 Å². The van der Waals surface area contributed by atoms with Crippen molar-refractivity contribution in [3.8, 4) is 0 Å². The van der Waals surface area contributed by atoms with E-state index in [-0.39, 0.29) is 30.4 Å². The first-order chi connectivity index (χ1) is 11.7. The Morgan fingerprint density at radius 3 is 2.52 bits per heavy atom. The summed E-state index contributed by atoms with van der Waals surface area (Å²) in [7, 11) is 0. The summed E-state index contributed by atoms with van der Waals surface area (Å²) in [6.45, 7) is 6.76. The van der Waals surface area contributed by atoms with Gasteiger partial charge in [0.25, 0.3) is 0 Å². The molecular weight excluding hydrogens is 322 g/mol. The van der Waals surface area contributed by atoms with Gasteiger partial charge in [-0.1, -0.05) is 6.07 Å². The van der Waals surface area contributed by atoms with Crippen molar-refractivity contribution < 1.29 is 23.9 Å². The van der Waals surface area contributed by atoms with Crippen molar-refractivity contribution in [1.82, 2.24) is 4.90 Å². The fraction of sp³-hybridized carbons (Fsp3) is 0.526. The molecule has 0 bridgehead atoms.